The van der Waals surface area contributed by atoms with Crippen LogP contribution in [0.2, 0.25) is 0 Å². The summed E-state index contributed by atoms with van der Waals surface area (Å²) >= 11 is 0. The van der Waals surface area contributed by atoms with Crippen LogP contribution in [0.25, 0.3) is 22.2 Å². The lowest BCUT2D eigenvalue weighted by Crippen LogP contribution is -2.04. The van der Waals surface area contributed by atoms with Crippen LogP contribution in [0.4, 0.5) is 0 Å². The number of aliphatic carboxylic acids is 2. The van der Waals surface area contributed by atoms with Crippen LogP contribution in [0.15, 0.2) is 73.1 Å². The maximum absolute atomic E-state index is 13.2. The van der Waals surface area contributed by atoms with Crippen molar-refractivity contribution in [2.45, 2.75) is 19.8 Å². The summed E-state index contributed by atoms with van der Waals surface area (Å²) in [7, 11) is 2.03. The van der Waals surface area contributed by atoms with Crippen molar-refractivity contribution in [1.82, 2.24) is 14.5 Å². The number of imidazole rings is 1. The van der Waals surface area contributed by atoms with Gasteiger partial charge in [0.15, 0.2) is 5.78 Å². The maximum Gasteiger partial charge on any atom is 0.328 e. The second-order valence-corrected chi connectivity index (χ2v) is 7.57. The SMILES string of the molecule is Cc1[nH]cnc1CCC(=O)c1c(-c2ccccc2)n(C)c2ccccc12.O=C(O)/C=C\C(=O)O. The summed E-state index contributed by atoms with van der Waals surface area (Å²) in [5, 5.41) is 16.6. The predicted molar refractivity (Wildman–Crippen MR) is 129 cm³/mol. The van der Waals surface area contributed by atoms with Gasteiger partial charge in [-0.1, -0.05) is 48.5 Å². The minimum atomic E-state index is -1.26. The molecular weight excluding hydrogens is 434 g/mol. The Morgan fingerprint density at radius 2 is 1.59 bits per heavy atom. The van der Waals surface area contributed by atoms with Gasteiger partial charge in [-0.15, -0.1) is 0 Å². The number of carbonyl (C=O) groups is 3. The maximum atomic E-state index is 13.2. The third-order valence-electron chi connectivity index (χ3n) is 5.32. The van der Waals surface area contributed by atoms with Crippen LogP contribution in [0.3, 0.4) is 0 Å². The van der Waals surface area contributed by atoms with E-state index < -0.39 is 11.9 Å². The molecule has 2 aromatic heterocycles. The van der Waals surface area contributed by atoms with E-state index in [1.807, 2.05) is 50.4 Å². The molecule has 2 aromatic carbocycles. The highest BCUT2D eigenvalue weighted by atomic mass is 16.4. The van der Waals surface area contributed by atoms with E-state index in [4.69, 9.17) is 10.2 Å². The van der Waals surface area contributed by atoms with Crippen LogP contribution in [0.1, 0.15) is 28.2 Å². The highest BCUT2D eigenvalue weighted by Crippen LogP contribution is 2.34. The van der Waals surface area contributed by atoms with Gasteiger partial charge in [-0.3, -0.25) is 4.79 Å². The van der Waals surface area contributed by atoms with E-state index in [2.05, 4.69) is 32.7 Å². The number of aromatic amines is 1. The zero-order chi connectivity index (χ0) is 24.7. The lowest BCUT2D eigenvalue weighted by molar-refractivity contribution is -0.134. The van der Waals surface area contributed by atoms with Gasteiger partial charge in [-0.25, -0.2) is 14.6 Å². The van der Waals surface area contributed by atoms with Gasteiger partial charge in [0.25, 0.3) is 0 Å². The van der Waals surface area contributed by atoms with Crippen molar-refractivity contribution in [2.75, 3.05) is 0 Å². The lowest BCUT2D eigenvalue weighted by atomic mass is 9.98. The van der Waals surface area contributed by atoms with Crippen LogP contribution >= 0.6 is 0 Å². The third kappa shape index (κ3) is 5.66. The molecule has 0 spiro atoms. The third-order valence-corrected chi connectivity index (χ3v) is 5.32. The highest BCUT2D eigenvalue weighted by molar-refractivity contribution is 6.13. The molecule has 0 atom stereocenters. The Hall–Kier alpha value is -4.46. The fraction of sp³-hybridized carbons (Fsp3) is 0.154. The molecule has 0 saturated heterocycles. The average Bonchev–Trinajstić information content (AvgIpc) is 3.37. The first-order valence-corrected chi connectivity index (χ1v) is 10.6. The molecule has 0 unspecified atom stereocenters. The van der Waals surface area contributed by atoms with Crippen molar-refractivity contribution in [3.8, 4) is 11.3 Å². The van der Waals surface area contributed by atoms with Gasteiger partial charge in [-0.05, 0) is 25.0 Å². The Morgan fingerprint density at radius 1 is 0.971 bits per heavy atom. The number of rotatable bonds is 7. The number of carboxylic acid groups (broad SMARTS) is 2. The number of aromatic nitrogens is 3. The van der Waals surface area contributed by atoms with E-state index in [0.717, 1.165) is 39.1 Å². The molecule has 174 valence electrons. The molecule has 3 N–H and O–H groups in total. The summed E-state index contributed by atoms with van der Waals surface area (Å²) in [4.78, 5) is 39.7. The number of aryl methyl sites for hydroxylation is 3. The molecule has 0 aliphatic rings. The van der Waals surface area contributed by atoms with Crippen LogP contribution in [-0.2, 0) is 23.1 Å². The van der Waals surface area contributed by atoms with Crippen molar-refractivity contribution >= 4 is 28.6 Å². The Labute approximate surface area is 196 Å². The molecule has 0 bridgehead atoms. The molecule has 4 aromatic rings. The number of hydrogen-bond donors (Lipinski definition) is 3. The Bertz CT molecular complexity index is 1330. The number of Topliss-reactive ketones (excluding diaryl/α,β-unsaturated/α-hetero) is 1. The van der Waals surface area contributed by atoms with E-state index in [0.29, 0.717) is 25.0 Å². The summed E-state index contributed by atoms with van der Waals surface area (Å²) in [5.74, 6) is -2.36. The minimum absolute atomic E-state index is 0.156. The van der Waals surface area contributed by atoms with E-state index >= 15 is 0 Å². The number of hydrogen-bond acceptors (Lipinski definition) is 4. The molecule has 0 aliphatic carbocycles. The van der Waals surface area contributed by atoms with Crippen molar-refractivity contribution in [3.05, 3.63) is 90.0 Å². The molecule has 0 saturated carbocycles. The molecule has 34 heavy (non-hydrogen) atoms. The van der Waals surface area contributed by atoms with Gasteiger partial charge in [0.2, 0.25) is 0 Å². The number of nitrogens with zero attached hydrogens (tertiary/aromatic N) is 2. The van der Waals surface area contributed by atoms with Gasteiger partial charge < -0.3 is 19.8 Å². The molecule has 8 nitrogen and oxygen atoms in total. The normalized spacial score (nSPS) is 10.8. The number of nitrogens with one attached hydrogen (secondary N) is 1. The smallest absolute Gasteiger partial charge is 0.328 e. The number of fused-ring (bicyclic) bond motifs is 1. The molecule has 0 fully saturated rings. The summed E-state index contributed by atoms with van der Waals surface area (Å²) in [6.07, 6.45) is 3.89. The Kier molecular flexibility index (Phi) is 7.76. The van der Waals surface area contributed by atoms with Gasteiger partial charge in [0, 0.05) is 42.2 Å². The summed E-state index contributed by atoms with van der Waals surface area (Å²) < 4.78 is 2.12. The number of ketones is 1. The summed E-state index contributed by atoms with van der Waals surface area (Å²) in [5.41, 5.74) is 5.91. The highest BCUT2D eigenvalue weighted by Gasteiger charge is 2.22. The van der Waals surface area contributed by atoms with Crippen LogP contribution < -0.4 is 0 Å². The monoisotopic (exact) mass is 459 g/mol. The van der Waals surface area contributed by atoms with Gasteiger partial charge in [0.05, 0.1) is 23.3 Å². The average molecular weight is 460 g/mol. The van der Waals surface area contributed by atoms with E-state index in [9.17, 15) is 14.4 Å². The number of H-pyrrole nitrogens is 1. The molecule has 8 heteroatoms. The molecule has 0 aliphatic heterocycles. The first kappa shape index (κ1) is 24.2. The molecule has 0 radical (unpaired) electrons. The number of carboxylic acids is 2. The second kappa shape index (κ2) is 10.9. The number of benzene rings is 2. The van der Waals surface area contributed by atoms with Crippen LogP contribution in [0, 0.1) is 6.92 Å². The van der Waals surface area contributed by atoms with Crippen molar-refractivity contribution < 1.29 is 24.6 Å². The standard InChI is InChI=1S/C22H21N3O.C4H4O4/c1-15-18(24-14-23-15)12-13-20(26)21-17-10-6-7-11-19(17)25(2)22(21)16-8-4-3-5-9-16;5-3(6)1-2-4(7)8/h3-11,14H,12-13H2,1-2H3,(H,23,24);1-2H,(H,5,6)(H,7,8)/b;2-1-. The van der Waals surface area contributed by atoms with Gasteiger partial charge in [0.1, 0.15) is 0 Å². The predicted octanol–water partition coefficient (Wildman–Crippen LogP) is 4.40. The van der Waals surface area contributed by atoms with Crippen LogP contribution in [-0.4, -0.2) is 42.5 Å². The largest absolute Gasteiger partial charge is 0.478 e. The fourth-order valence-corrected chi connectivity index (χ4v) is 3.75. The minimum Gasteiger partial charge on any atom is -0.478 e. The molecule has 4 rings (SSSR count). The van der Waals surface area contributed by atoms with Gasteiger partial charge >= 0.3 is 11.9 Å². The van der Waals surface area contributed by atoms with Crippen molar-refractivity contribution in [2.24, 2.45) is 7.05 Å². The Balaban J connectivity index is 0.000000350. The number of para-hydroxylation sites is 1. The summed E-state index contributed by atoms with van der Waals surface area (Å²) in [6.45, 7) is 1.99. The summed E-state index contributed by atoms with van der Waals surface area (Å²) in [6, 6.07) is 18.2. The molecular formula is C26H25N3O5. The van der Waals surface area contributed by atoms with E-state index in [-0.39, 0.29) is 5.78 Å². The Morgan fingerprint density at radius 3 is 2.18 bits per heavy atom. The van der Waals surface area contributed by atoms with Crippen molar-refractivity contribution in [1.29, 1.82) is 0 Å². The second-order valence-electron chi connectivity index (χ2n) is 7.57. The number of carbonyl (C=O) groups excluding carboxylic acids is 1. The zero-order valence-electron chi connectivity index (χ0n) is 18.9. The van der Waals surface area contributed by atoms with Gasteiger partial charge in [-0.2, -0.15) is 0 Å². The van der Waals surface area contributed by atoms with E-state index in [1.165, 1.54) is 0 Å². The van der Waals surface area contributed by atoms with Crippen molar-refractivity contribution in [3.63, 3.8) is 0 Å². The molecule has 2 heterocycles. The first-order chi connectivity index (χ1) is 16.3. The zero-order valence-corrected chi connectivity index (χ0v) is 18.9. The quantitative estimate of drug-likeness (QED) is 0.278. The lowest BCUT2D eigenvalue weighted by Gasteiger charge is -2.08. The van der Waals surface area contributed by atoms with Crippen LogP contribution in [0.5, 0.6) is 0 Å². The topological polar surface area (TPSA) is 125 Å². The first-order valence-electron chi connectivity index (χ1n) is 10.6. The molecule has 0 amide bonds. The van der Waals surface area contributed by atoms with E-state index in [1.54, 1.807) is 6.33 Å². The fourth-order valence-electron chi connectivity index (χ4n) is 3.75.